The highest BCUT2D eigenvalue weighted by Crippen LogP contribution is 2.63. The zero-order chi connectivity index (χ0) is 36.7. The van der Waals surface area contributed by atoms with Gasteiger partial charge in [-0.1, -0.05) is 134 Å². The average Bonchev–Trinajstić information content (AvgIpc) is 3.84. The lowest BCUT2D eigenvalue weighted by atomic mass is 9.65. The molecule has 0 radical (unpaired) electrons. The van der Waals surface area contributed by atoms with Gasteiger partial charge in [0.15, 0.2) is 0 Å². The lowest BCUT2D eigenvalue weighted by molar-refractivity contribution is 0.0188. The van der Waals surface area contributed by atoms with Gasteiger partial charge in [-0.05, 0) is 58.8 Å². The molecule has 0 spiro atoms. The number of unbranched alkanes of at least 4 members (excludes halogenated alkanes) is 2. The van der Waals surface area contributed by atoms with Crippen LogP contribution in [-0.4, -0.2) is 17.5 Å². The Balaban J connectivity index is 0.00000265. The highest BCUT2D eigenvalue weighted by Gasteiger charge is 2.59. The fourth-order valence-electron chi connectivity index (χ4n) is 7.84. The highest BCUT2D eigenvalue weighted by atomic mass is 32.1. The second-order valence-corrected chi connectivity index (χ2v) is 19.4. The van der Waals surface area contributed by atoms with Gasteiger partial charge in [0.05, 0.1) is 16.0 Å². The summed E-state index contributed by atoms with van der Waals surface area (Å²) in [7, 11) is 0. The molecule has 2 aliphatic rings. The van der Waals surface area contributed by atoms with Crippen molar-refractivity contribution in [2.75, 3.05) is 0 Å². The molecule has 0 aliphatic heterocycles. The predicted molar refractivity (Wildman–Crippen MR) is 210 cm³/mol. The number of carbonyl (C=O) groups excluding carboxylic acids is 2. The molecule has 0 aromatic carbocycles. The molecule has 5 rings (SSSR count). The van der Waals surface area contributed by atoms with Gasteiger partial charge in [-0.15, -0.1) is 34.0 Å². The molecule has 49 heavy (non-hydrogen) atoms. The number of fused-ring (bicyclic) bond motifs is 4. The Labute approximate surface area is 307 Å². The summed E-state index contributed by atoms with van der Waals surface area (Å²) >= 11 is 4.93. The summed E-state index contributed by atoms with van der Waals surface area (Å²) in [5.41, 5.74) is 1.99. The van der Waals surface area contributed by atoms with Crippen LogP contribution in [0, 0.1) is 11.8 Å². The van der Waals surface area contributed by atoms with E-state index < -0.39 is 22.9 Å². The minimum Gasteiger partial charge on any atom is -0.287 e. The van der Waals surface area contributed by atoms with Gasteiger partial charge >= 0.3 is 5.92 Å². The van der Waals surface area contributed by atoms with Crippen molar-refractivity contribution in [2.24, 2.45) is 11.8 Å². The Morgan fingerprint density at radius 1 is 0.673 bits per heavy atom. The van der Waals surface area contributed by atoms with Crippen molar-refractivity contribution < 1.29 is 18.4 Å². The molecular weight excluding hydrogens is 671 g/mol. The second-order valence-electron chi connectivity index (χ2n) is 16.3. The standard InChI is InChI=1S/C40H54F2O2S3.C2H6/c1-11-15-17-23(13-3)21-39(22-24(14-4)18-16-12-2)25-19-27(45-31(25)32-26(39)20-28(46-32)37(5,6)7)33-29-30(36(47-33)38(8,9)10)35(44)40(41,42)34(29)43;1-2/h19-20,23-24H,11-18,21-22H2,1-10H3;1-2H3. The molecule has 0 bridgehead atoms. The molecule has 272 valence electrons. The third kappa shape index (κ3) is 7.20. The van der Waals surface area contributed by atoms with Gasteiger partial charge < -0.3 is 0 Å². The van der Waals surface area contributed by atoms with Crippen molar-refractivity contribution in [3.8, 4) is 19.5 Å². The minimum atomic E-state index is -4.00. The van der Waals surface area contributed by atoms with Crippen LogP contribution in [-0.2, 0) is 16.2 Å². The van der Waals surface area contributed by atoms with E-state index in [9.17, 15) is 9.59 Å². The van der Waals surface area contributed by atoms with E-state index in [0.717, 1.165) is 30.6 Å². The van der Waals surface area contributed by atoms with Crippen molar-refractivity contribution in [1.82, 2.24) is 0 Å². The molecule has 3 aromatic rings. The largest absolute Gasteiger partial charge is 0.371 e. The number of alkyl halides is 2. The summed E-state index contributed by atoms with van der Waals surface area (Å²) in [6, 6.07) is 4.77. The summed E-state index contributed by atoms with van der Waals surface area (Å²) in [6.07, 6.45) is 11.6. The first kappa shape index (κ1) is 40.1. The van der Waals surface area contributed by atoms with Crippen LogP contribution in [0.4, 0.5) is 8.78 Å². The van der Waals surface area contributed by atoms with Crippen LogP contribution in [0.2, 0.25) is 0 Å². The molecule has 0 saturated carbocycles. The molecule has 2 aliphatic carbocycles. The van der Waals surface area contributed by atoms with Gasteiger partial charge in [-0.3, -0.25) is 9.59 Å². The Kier molecular flexibility index (Phi) is 12.4. The molecule has 0 saturated heterocycles. The zero-order valence-corrected chi connectivity index (χ0v) is 34.6. The summed E-state index contributed by atoms with van der Waals surface area (Å²) in [5, 5.41) is 0. The van der Waals surface area contributed by atoms with Crippen LogP contribution in [0.1, 0.15) is 189 Å². The van der Waals surface area contributed by atoms with E-state index in [1.54, 1.807) is 11.3 Å². The van der Waals surface area contributed by atoms with Crippen LogP contribution in [0.3, 0.4) is 0 Å². The Hall–Kier alpha value is -1.70. The van der Waals surface area contributed by atoms with Crippen LogP contribution in [0.15, 0.2) is 12.1 Å². The van der Waals surface area contributed by atoms with Crippen molar-refractivity contribution in [3.63, 3.8) is 0 Å². The van der Waals surface area contributed by atoms with Gasteiger partial charge in [-0.25, -0.2) is 0 Å². The molecule has 2 unspecified atom stereocenters. The number of hydrogen-bond acceptors (Lipinski definition) is 5. The maximum atomic E-state index is 15.1. The fourth-order valence-corrected chi connectivity index (χ4v) is 12.0. The van der Waals surface area contributed by atoms with Gasteiger partial charge in [0.1, 0.15) is 0 Å². The van der Waals surface area contributed by atoms with Crippen molar-refractivity contribution in [1.29, 1.82) is 0 Å². The van der Waals surface area contributed by atoms with E-state index in [0.29, 0.717) is 21.6 Å². The molecule has 7 heteroatoms. The lowest BCUT2D eigenvalue weighted by Crippen LogP contribution is -2.31. The highest BCUT2D eigenvalue weighted by molar-refractivity contribution is 7.27. The van der Waals surface area contributed by atoms with Gasteiger partial charge in [0.2, 0.25) is 11.6 Å². The van der Waals surface area contributed by atoms with E-state index in [4.69, 9.17) is 0 Å². The second kappa shape index (κ2) is 15.1. The van der Waals surface area contributed by atoms with E-state index in [1.807, 2.05) is 46.0 Å². The van der Waals surface area contributed by atoms with Crippen LogP contribution < -0.4 is 0 Å². The predicted octanol–water partition coefficient (Wildman–Crippen LogP) is 14.7. The average molecular weight is 731 g/mol. The van der Waals surface area contributed by atoms with Gasteiger partial charge in [0.25, 0.3) is 0 Å². The third-order valence-corrected chi connectivity index (χ3v) is 15.3. The monoisotopic (exact) mass is 730 g/mol. The maximum absolute atomic E-state index is 15.1. The van der Waals surface area contributed by atoms with Crippen LogP contribution >= 0.6 is 34.0 Å². The van der Waals surface area contributed by atoms with Crippen LogP contribution in [0.5, 0.6) is 0 Å². The number of halogens is 2. The molecule has 3 heterocycles. The molecule has 0 fully saturated rings. The zero-order valence-electron chi connectivity index (χ0n) is 32.2. The van der Waals surface area contributed by atoms with Crippen molar-refractivity contribution in [2.45, 2.75) is 169 Å². The lowest BCUT2D eigenvalue weighted by Gasteiger charge is -2.38. The van der Waals surface area contributed by atoms with Gasteiger partial charge in [0, 0.05) is 29.8 Å². The van der Waals surface area contributed by atoms with E-state index in [1.165, 1.54) is 75.6 Å². The first-order chi connectivity index (χ1) is 23.0. The topological polar surface area (TPSA) is 34.1 Å². The van der Waals surface area contributed by atoms with Crippen LogP contribution in [0.25, 0.3) is 19.5 Å². The fraction of sp³-hybridized carbons (Fsp3) is 0.667. The maximum Gasteiger partial charge on any atom is 0.371 e. The summed E-state index contributed by atoms with van der Waals surface area (Å²) < 4.78 is 30.2. The Bertz CT molecular complexity index is 1620. The number of carbonyl (C=O) groups is 2. The van der Waals surface area contributed by atoms with Crippen molar-refractivity contribution >= 4 is 45.6 Å². The number of Topliss-reactive ketones (excluding diaryl/α,β-unsaturated/α-hetero) is 2. The normalized spacial score (nSPS) is 19.4. The summed E-state index contributed by atoms with van der Waals surface area (Å²) in [6.45, 7) is 25.9. The van der Waals surface area contributed by atoms with E-state index in [2.05, 4.69) is 60.6 Å². The number of ketones is 2. The number of hydrogen-bond donors (Lipinski definition) is 0. The van der Waals surface area contributed by atoms with Crippen molar-refractivity contribution in [3.05, 3.63) is 44.1 Å². The summed E-state index contributed by atoms with van der Waals surface area (Å²) in [4.78, 5) is 32.3. The Morgan fingerprint density at radius 2 is 1.16 bits per heavy atom. The molecule has 2 atom stereocenters. The Morgan fingerprint density at radius 3 is 1.63 bits per heavy atom. The van der Waals surface area contributed by atoms with E-state index in [-0.39, 0.29) is 22.0 Å². The number of rotatable bonds is 13. The molecule has 2 nitrogen and oxygen atoms in total. The first-order valence-corrected chi connectivity index (χ1v) is 21.4. The quantitative estimate of drug-likeness (QED) is 0.164. The first-order valence-electron chi connectivity index (χ1n) is 18.9. The minimum absolute atomic E-state index is 0.00822. The van der Waals surface area contributed by atoms with E-state index >= 15 is 8.78 Å². The smallest absolute Gasteiger partial charge is 0.287 e. The molecule has 0 N–H and O–H groups in total. The van der Waals surface area contributed by atoms with Gasteiger partial charge in [-0.2, -0.15) is 8.78 Å². The number of thiophene rings is 3. The summed E-state index contributed by atoms with van der Waals surface area (Å²) in [5.74, 6) is -5.50. The molecule has 3 aromatic heterocycles. The third-order valence-electron chi connectivity index (χ3n) is 10.6. The molecule has 0 amide bonds. The SMILES string of the molecule is CC.CCCCC(CC)CC1(CC(CC)CCCC)c2cc(-c3sc(C(C)(C)C)c4c3C(=O)C(F)(F)C4=O)sc2-c2sc(C(C)(C)C)cc21. The molecular formula is C42H60F2O2S3.